The van der Waals surface area contributed by atoms with Gasteiger partial charge in [0.2, 0.25) is 0 Å². The maximum atomic E-state index is 9.92. The summed E-state index contributed by atoms with van der Waals surface area (Å²) in [6.07, 6.45) is 2.79. The van der Waals surface area contributed by atoms with Gasteiger partial charge >= 0.3 is 34.6 Å². The van der Waals surface area contributed by atoms with Crippen LogP contribution in [0.5, 0.6) is 0 Å². The van der Waals surface area contributed by atoms with E-state index in [1.807, 2.05) is 18.2 Å². The molecule has 0 fully saturated rings. The van der Waals surface area contributed by atoms with Gasteiger partial charge in [-0.05, 0) is 63.4 Å². The Morgan fingerprint density at radius 2 is 1.43 bits per heavy atom. The van der Waals surface area contributed by atoms with Crippen LogP contribution in [0.1, 0.15) is 27.2 Å². The van der Waals surface area contributed by atoms with Crippen molar-refractivity contribution in [3.05, 3.63) is 70.3 Å². The predicted molar refractivity (Wildman–Crippen MR) is 135 cm³/mol. The fourth-order valence-corrected chi connectivity index (χ4v) is 5.91. The van der Waals surface area contributed by atoms with Gasteiger partial charge in [-0.1, -0.05) is 60.7 Å². The Morgan fingerprint density at radius 1 is 1.04 bits per heavy atom. The zero-order chi connectivity index (χ0) is 21.2. The van der Waals surface area contributed by atoms with E-state index in [9.17, 15) is 5.11 Å². The van der Waals surface area contributed by atoms with E-state index < -0.39 is 34.4 Å². The second-order valence-electron chi connectivity index (χ2n) is 7.94. The van der Waals surface area contributed by atoms with E-state index in [-0.39, 0.29) is 6.10 Å². The molecule has 0 saturated heterocycles. The van der Waals surface area contributed by atoms with Gasteiger partial charge < -0.3 is 9.53 Å². The van der Waals surface area contributed by atoms with Crippen LogP contribution in [0.2, 0.25) is 14.8 Å². The predicted octanol–water partition coefficient (Wildman–Crippen LogP) is 5.05. The van der Waals surface area contributed by atoms with Crippen LogP contribution in [-0.2, 0) is 4.43 Å². The molecule has 0 aliphatic rings. The van der Waals surface area contributed by atoms with E-state index in [1.165, 1.54) is 10.4 Å². The molecule has 1 unspecified atom stereocenters. The molecule has 0 aromatic heterocycles. The average Bonchev–Trinajstić information content (AvgIpc) is 2.59. The standard InChI is InChI=1S/C20H24IO2Si.3CH3.Sn/c1-16(14-17(21)15-20(2,3)22)23-24(18-10-6-4-7-11-18)19-12-8-5-9-13-19;;;;/h4-13,15-16,22H,14H2,1-3H3;3*1H3;/b17-15-;;;;. The molecular formula is C23H33IO2SiSn. The Morgan fingerprint density at radius 3 is 1.79 bits per heavy atom. The number of rotatable bonds is 7. The van der Waals surface area contributed by atoms with Crippen LogP contribution in [-0.4, -0.2) is 45.6 Å². The van der Waals surface area contributed by atoms with Gasteiger partial charge in [0.25, 0.3) is 9.04 Å². The van der Waals surface area contributed by atoms with Gasteiger partial charge in [0, 0.05) is 12.5 Å². The Balaban J connectivity index is 0.000000892. The van der Waals surface area contributed by atoms with Gasteiger partial charge in [0.1, 0.15) is 0 Å². The second-order valence-corrected chi connectivity index (χ2v) is 19.9. The Hall–Kier alpha value is -0.154. The molecule has 0 saturated carbocycles. The van der Waals surface area contributed by atoms with Gasteiger partial charge in [-0.3, -0.25) is 0 Å². The Kier molecular flexibility index (Phi) is 12.2. The van der Waals surface area contributed by atoms with Gasteiger partial charge in [-0.25, -0.2) is 0 Å². The molecule has 2 radical (unpaired) electrons. The van der Waals surface area contributed by atoms with Gasteiger partial charge in [0.15, 0.2) is 0 Å². The van der Waals surface area contributed by atoms with Crippen LogP contribution in [0.25, 0.3) is 0 Å². The number of halogens is 1. The first-order valence-electron chi connectivity index (χ1n) is 9.59. The monoisotopic (exact) mass is 616 g/mol. The van der Waals surface area contributed by atoms with Crippen molar-refractivity contribution in [1.82, 2.24) is 0 Å². The van der Waals surface area contributed by atoms with Crippen molar-refractivity contribution in [3.8, 4) is 0 Å². The minimum atomic E-state index is -1.28. The first kappa shape index (κ1) is 25.9. The van der Waals surface area contributed by atoms with Crippen molar-refractivity contribution in [1.29, 1.82) is 0 Å². The van der Waals surface area contributed by atoms with Crippen molar-refractivity contribution >= 4 is 61.8 Å². The molecule has 2 aromatic rings. The first-order chi connectivity index (χ1) is 13.1. The molecule has 0 amide bonds. The third-order valence-electron chi connectivity index (χ3n) is 3.38. The molecule has 0 aliphatic carbocycles. The molecule has 2 aromatic carbocycles. The summed E-state index contributed by atoms with van der Waals surface area (Å²) in [6.45, 7) is 5.69. The summed E-state index contributed by atoms with van der Waals surface area (Å²) in [5.41, 5.74) is -0.789. The Labute approximate surface area is 194 Å². The second kappa shape index (κ2) is 13.2. The zero-order valence-corrected chi connectivity index (χ0v) is 23.9. The number of hydrogen-bond acceptors (Lipinski definition) is 2. The summed E-state index contributed by atoms with van der Waals surface area (Å²) in [4.78, 5) is 7.09. The van der Waals surface area contributed by atoms with E-state index >= 15 is 0 Å². The molecule has 28 heavy (non-hydrogen) atoms. The quantitative estimate of drug-likeness (QED) is 0.350. The molecular weight excluding hydrogens is 582 g/mol. The number of benzene rings is 2. The van der Waals surface area contributed by atoms with Crippen molar-refractivity contribution in [3.63, 3.8) is 0 Å². The normalized spacial score (nSPS) is 13.3. The summed E-state index contributed by atoms with van der Waals surface area (Å²) in [5, 5.41) is 12.4. The van der Waals surface area contributed by atoms with Crippen LogP contribution in [0.3, 0.4) is 0 Å². The molecule has 0 heterocycles. The molecule has 0 aliphatic heterocycles. The molecule has 0 spiro atoms. The summed E-state index contributed by atoms with van der Waals surface area (Å²) < 4.78 is 7.60. The molecule has 152 valence electrons. The van der Waals surface area contributed by atoms with Crippen LogP contribution in [0.15, 0.2) is 70.3 Å². The fraction of sp³-hybridized carbons (Fsp3) is 0.391. The fourth-order valence-electron chi connectivity index (χ4n) is 2.44. The first-order valence-corrected chi connectivity index (χ1v) is 20.6. The summed E-state index contributed by atoms with van der Waals surface area (Å²) in [5.74, 6) is 0. The molecule has 1 atom stereocenters. The van der Waals surface area contributed by atoms with Crippen molar-refractivity contribution in [2.45, 2.75) is 53.7 Å². The molecule has 2 nitrogen and oxygen atoms in total. The van der Waals surface area contributed by atoms with Crippen LogP contribution >= 0.6 is 22.6 Å². The average molecular weight is 615 g/mol. The topological polar surface area (TPSA) is 29.5 Å². The number of aliphatic hydroxyl groups is 1. The summed E-state index contributed by atoms with van der Waals surface area (Å²) in [7, 11) is -1.28. The van der Waals surface area contributed by atoms with Crippen molar-refractivity contribution in [2.75, 3.05) is 0 Å². The van der Waals surface area contributed by atoms with Crippen LogP contribution in [0.4, 0.5) is 0 Å². The molecule has 2 rings (SSSR count). The van der Waals surface area contributed by atoms with Gasteiger partial charge in [-0.15, -0.1) is 0 Å². The van der Waals surface area contributed by atoms with Gasteiger partial charge in [0.05, 0.1) is 5.60 Å². The Bertz CT molecular complexity index is 657. The third kappa shape index (κ3) is 11.8. The third-order valence-corrected chi connectivity index (χ3v) is 6.49. The molecule has 0 bridgehead atoms. The zero-order valence-electron chi connectivity index (χ0n) is 17.9. The van der Waals surface area contributed by atoms with E-state index in [2.05, 4.69) is 92.9 Å². The maximum absolute atomic E-state index is 9.92. The van der Waals surface area contributed by atoms with Crippen molar-refractivity contribution in [2.24, 2.45) is 0 Å². The van der Waals surface area contributed by atoms with E-state index in [0.717, 1.165) is 10.0 Å². The van der Waals surface area contributed by atoms with Crippen LogP contribution < -0.4 is 10.4 Å². The summed E-state index contributed by atoms with van der Waals surface area (Å²) >= 11 is 1.75. The van der Waals surface area contributed by atoms with E-state index in [0.29, 0.717) is 0 Å². The van der Waals surface area contributed by atoms with E-state index in [4.69, 9.17) is 4.43 Å². The number of hydrogen-bond donors (Lipinski definition) is 1. The molecule has 1 N–H and O–H groups in total. The van der Waals surface area contributed by atoms with E-state index in [1.54, 1.807) is 13.8 Å². The minimum absolute atomic E-state index is 0.0878. The van der Waals surface area contributed by atoms with Crippen LogP contribution in [0, 0.1) is 0 Å². The van der Waals surface area contributed by atoms with Gasteiger partial charge in [-0.2, -0.15) is 0 Å². The SMILES string of the molecule is CC(C/C(I)=C/C(C)(C)O)O[Si](c1ccccc1)c1ccccc1.[CH3][Sn]([CH3])[CH3]. The summed E-state index contributed by atoms with van der Waals surface area (Å²) in [6, 6.07) is 20.9. The molecule has 5 heteroatoms. The van der Waals surface area contributed by atoms with Crippen molar-refractivity contribution < 1.29 is 9.53 Å².